The Morgan fingerprint density at radius 1 is 0.698 bits per heavy atom. The number of hydrogen-bond acceptors (Lipinski definition) is 8. The van der Waals surface area contributed by atoms with Crippen molar-refractivity contribution in [2.75, 3.05) is 66.8 Å². The van der Waals surface area contributed by atoms with Crippen molar-refractivity contribution in [2.45, 2.75) is 96.8 Å². The molecule has 4 unspecified atom stereocenters. The zero-order chi connectivity index (χ0) is 38.4. The first-order valence-electron chi connectivity index (χ1n) is 19.9. The SMILES string of the molecule is CCCCCCN1CC2C(C1)C2(C)c1cccc(NS(=O)(=O)CC(C)=O)c1.CCCCCCN1CC2C(C1)C2(C)c1cccc(NS(=O)(=O)CCO)c1. The average molecular weight is 773 g/mol. The molecule has 0 radical (unpaired) electrons. The second kappa shape index (κ2) is 17.5. The fraction of sp³-hybridized carbons (Fsp3) is 0.683. The van der Waals surface area contributed by atoms with Gasteiger partial charge in [0, 0.05) is 48.4 Å². The van der Waals surface area contributed by atoms with Crippen LogP contribution in [0.15, 0.2) is 48.5 Å². The van der Waals surface area contributed by atoms with E-state index in [4.69, 9.17) is 5.11 Å². The maximum absolute atomic E-state index is 12.0. The van der Waals surface area contributed by atoms with E-state index in [1.807, 2.05) is 24.3 Å². The zero-order valence-corrected chi connectivity index (χ0v) is 34.3. The number of aliphatic hydroxyl groups excluding tert-OH is 1. The number of piperidine rings is 2. The number of nitrogens with zero attached hydrogens (tertiary/aromatic N) is 2. The number of rotatable bonds is 20. The summed E-state index contributed by atoms with van der Waals surface area (Å²) in [6.07, 6.45) is 10.4. The first-order chi connectivity index (χ1) is 25.2. The van der Waals surface area contributed by atoms with E-state index < -0.39 is 25.8 Å². The maximum Gasteiger partial charge on any atom is 0.239 e. The molecule has 12 heteroatoms. The molecule has 2 aliphatic carbocycles. The predicted molar refractivity (Wildman–Crippen MR) is 215 cm³/mol. The summed E-state index contributed by atoms with van der Waals surface area (Å²) in [6, 6.07) is 15.5. The van der Waals surface area contributed by atoms with E-state index in [2.05, 4.69) is 59.1 Å². The molecular weight excluding hydrogens is 709 g/mol. The third kappa shape index (κ3) is 10.2. The average Bonchev–Trinajstić information content (AvgIpc) is 3.57. The van der Waals surface area contributed by atoms with Gasteiger partial charge in [0.2, 0.25) is 20.0 Å². The van der Waals surface area contributed by atoms with Crippen LogP contribution in [0.5, 0.6) is 0 Å². The first kappa shape index (κ1) is 41.6. The van der Waals surface area contributed by atoms with Gasteiger partial charge in [-0.05, 0) is 91.9 Å². The number of anilines is 2. The number of aliphatic hydroxyl groups is 1. The number of ketones is 1. The van der Waals surface area contributed by atoms with Crippen molar-refractivity contribution >= 4 is 37.2 Å². The summed E-state index contributed by atoms with van der Waals surface area (Å²) >= 11 is 0. The second-order valence-corrected chi connectivity index (χ2v) is 20.1. The highest BCUT2D eigenvalue weighted by Gasteiger charge is 2.66. The van der Waals surface area contributed by atoms with Crippen molar-refractivity contribution in [3.8, 4) is 0 Å². The van der Waals surface area contributed by atoms with E-state index in [1.54, 1.807) is 12.1 Å². The van der Waals surface area contributed by atoms with Crippen molar-refractivity contribution in [1.29, 1.82) is 0 Å². The normalized spacial score (nSPS) is 27.7. The van der Waals surface area contributed by atoms with E-state index in [-0.39, 0.29) is 29.0 Å². The molecule has 2 aromatic carbocycles. The molecule has 6 rings (SSSR count). The number of carbonyl (C=O) groups excluding carboxylic acids is 1. The molecule has 0 amide bonds. The molecule has 10 nitrogen and oxygen atoms in total. The lowest BCUT2D eigenvalue weighted by atomic mass is 9.92. The highest BCUT2D eigenvalue weighted by molar-refractivity contribution is 7.93. The first-order valence-corrected chi connectivity index (χ1v) is 23.2. The van der Waals surface area contributed by atoms with Gasteiger partial charge in [-0.25, -0.2) is 16.8 Å². The number of unbranched alkanes of at least 4 members (excludes halogenated alkanes) is 6. The minimum Gasteiger partial charge on any atom is -0.395 e. The lowest BCUT2D eigenvalue weighted by Gasteiger charge is -2.24. The van der Waals surface area contributed by atoms with Gasteiger partial charge in [0.15, 0.2) is 0 Å². The molecule has 4 fully saturated rings. The Kier molecular flexibility index (Phi) is 13.8. The van der Waals surface area contributed by atoms with Gasteiger partial charge in [0.25, 0.3) is 0 Å². The minimum atomic E-state index is -3.63. The van der Waals surface area contributed by atoms with Crippen LogP contribution in [0, 0.1) is 23.7 Å². The minimum absolute atomic E-state index is 0.141. The van der Waals surface area contributed by atoms with Crippen molar-refractivity contribution in [1.82, 2.24) is 9.80 Å². The van der Waals surface area contributed by atoms with Crippen LogP contribution in [-0.4, -0.2) is 94.9 Å². The number of carbonyl (C=O) groups is 1. The Bertz CT molecular complexity index is 1740. The van der Waals surface area contributed by atoms with Crippen LogP contribution in [0.4, 0.5) is 11.4 Å². The summed E-state index contributed by atoms with van der Waals surface area (Å²) in [5, 5.41) is 8.88. The van der Waals surface area contributed by atoms with E-state index in [9.17, 15) is 21.6 Å². The van der Waals surface area contributed by atoms with Gasteiger partial charge in [0.1, 0.15) is 11.5 Å². The maximum atomic E-state index is 12.0. The van der Waals surface area contributed by atoms with Gasteiger partial charge in [-0.2, -0.15) is 0 Å². The molecule has 2 saturated heterocycles. The van der Waals surface area contributed by atoms with Gasteiger partial charge < -0.3 is 14.9 Å². The molecule has 296 valence electrons. The van der Waals surface area contributed by atoms with Gasteiger partial charge in [-0.15, -0.1) is 0 Å². The van der Waals surface area contributed by atoms with Crippen molar-refractivity contribution in [3.05, 3.63) is 59.7 Å². The predicted octanol–water partition coefficient (Wildman–Crippen LogP) is 6.24. The Morgan fingerprint density at radius 3 is 1.49 bits per heavy atom. The van der Waals surface area contributed by atoms with E-state index in [1.165, 1.54) is 82.5 Å². The molecule has 53 heavy (non-hydrogen) atoms. The van der Waals surface area contributed by atoms with Crippen LogP contribution < -0.4 is 9.44 Å². The summed E-state index contributed by atoms with van der Waals surface area (Å²) in [5.41, 5.74) is 3.88. The van der Waals surface area contributed by atoms with Gasteiger partial charge in [-0.3, -0.25) is 14.2 Å². The largest absolute Gasteiger partial charge is 0.395 e. The smallest absolute Gasteiger partial charge is 0.239 e. The number of hydrogen-bond donors (Lipinski definition) is 3. The highest BCUT2D eigenvalue weighted by Crippen LogP contribution is 2.64. The van der Waals surface area contributed by atoms with Crippen LogP contribution in [0.25, 0.3) is 0 Å². The fourth-order valence-corrected chi connectivity index (χ4v) is 11.3. The lowest BCUT2D eigenvalue weighted by Crippen LogP contribution is -2.30. The Hall–Kier alpha value is -2.51. The molecule has 2 aromatic rings. The van der Waals surface area contributed by atoms with Gasteiger partial charge in [0.05, 0.1) is 12.4 Å². The van der Waals surface area contributed by atoms with Crippen molar-refractivity contribution in [3.63, 3.8) is 0 Å². The third-order valence-electron chi connectivity index (χ3n) is 12.6. The third-order valence-corrected chi connectivity index (χ3v) is 15.2. The van der Waals surface area contributed by atoms with Crippen molar-refractivity contribution < 1.29 is 26.7 Å². The number of likely N-dealkylation sites (tertiary alicyclic amines) is 2. The Balaban J connectivity index is 0.000000204. The number of fused-ring (bicyclic) bond motifs is 2. The molecule has 4 aliphatic rings. The Morgan fingerprint density at radius 2 is 1.11 bits per heavy atom. The summed E-state index contributed by atoms with van der Waals surface area (Å²) in [4.78, 5) is 16.3. The topological polar surface area (TPSA) is 136 Å². The fourth-order valence-electron chi connectivity index (χ4n) is 9.34. The van der Waals surface area contributed by atoms with Gasteiger partial charge in [-0.1, -0.05) is 90.5 Å². The van der Waals surface area contributed by atoms with Crippen LogP contribution in [0.2, 0.25) is 0 Å². The number of sulfonamides is 2. The van der Waals surface area contributed by atoms with Crippen LogP contribution in [0.1, 0.15) is 97.1 Å². The summed E-state index contributed by atoms with van der Waals surface area (Å²) in [5.74, 6) is 1.57. The van der Waals surface area contributed by atoms with E-state index in [0.29, 0.717) is 35.0 Å². The van der Waals surface area contributed by atoms with E-state index in [0.717, 1.165) is 26.2 Å². The molecule has 3 N–H and O–H groups in total. The van der Waals surface area contributed by atoms with Crippen LogP contribution in [0.3, 0.4) is 0 Å². The molecule has 0 aromatic heterocycles. The molecule has 2 heterocycles. The van der Waals surface area contributed by atoms with Crippen LogP contribution in [-0.2, 0) is 35.7 Å². The molecule has 0 spiro atoms. The highest BCUT2D eigenvalue weighted by atomic mass is 32.2. The lowest BCUT2D eigenvalue weighted by molar-refractivity contribution is -0.114. The number of Topliss-reactive ketones (excluding diaryl/α,β-unsaturated/α-hetero) is 1. The number of nitrogens with one attached hydrogen (secondary N) is 2. The second-order valence-electron chi connectivity index (χ2n) is 16.5. The van der Waals surface area contributed by atoms with Crippen molar-refractivity contribution in [2.24, 2.45) is 23.7 Å². The number of benzene rings is 2. The standard InChI is InChI=1S/C21H32N2O3S.C20H32N2O3S/c1-4-5-6-7-11-23-13-19-20(14-23)21(19,3)17-9-8-10-18(12-17)22-27(25,26)15-16(2)24;1-3-4-5-6-10-22-14-18-19(15-22)20(18,2)16-8-7-9-17(13-16)21-26(24,25)12-11-23/h8-10,12,19-20,22H,4-7,11,13-15H2,1-3H3;7-9,13,18-19,21,23H,3-6,10-12,14-15H2,1-2H3. The zero-order valence-electron chi connectivity index (χ0n) is 32.6. The summed E-state index contributed by atoms with van der Waals surface area (Å²) in [7, 11) is -7.10. The van der Waals surface area contributed by atoms with Gasteiger partial charge >= 0.3 is 0 Å². The molecule has 0 bridgehead atoms. The van der Waals surface area contributed by atoms with E-state index >= 15 is 0 Å². The quantitative estimate of drug-likeness (QED) is 0.135. The monoisotopic (exact) mass is 772 g/mol. The molecule has 2 saturated carbocycles. The van der Waals surface area contributed by atoms with Crippen LogP contribution >= 0.6 is 0 Å². The molecule has 4 atom stereocenters. The summed E-state index contributed by atoms with van der Waals surface area (Å²) in [6.45, 7) is 17.1. The molecular formula is C41H64N4O6S2. The Labute approximate surface area is 319 Å². The molecule has 2 aliphatic heterocycles. The summed E-state index contributed by atoms with van der Waals surface area (Å²) < 4.78 is 53.0.